The number of benzene rings is 2. The van der Waals surface area contributed by atoms with Gasteiger partial charge in [-0.25, -0.2) is 22.4 Å². The highest BCUT2D eigenvalue weighted by Crippen LogP contribution is 2.43. The quantitative estimate of drug-likeness (QED) is 0.430. The van der Waals surface area contributed by atoms with E-state index in [1.807, 2.05) is 0 Å². The van der Waals surface area contributed by atoms with Crippen LogP contribution in [0, 0.1) is 11.6 Å². The van der Waals surface area contributed by atoms with Gasteiger partial charge in [0, 0.05) is 30.0 Å². The van der Waals surface area contributed by atoms with E-state index in [9.17, 15) is 13.6 Å². The minimum absolute atomic E-state index is 0.0212. The van der Waals surface area contributed by atoms with Gasteiger partial charge < -0.3 is 5.11 Å². The molecule has 1 aromatic heterocycles. The Kier molecular flexibility index (Phi) is 5.54. The monoisotopic (exact) mass is 447 g/mol. The molecule has 0 unspecified atom stereocenters. The lowest BCUT2D eigenvalue weighted by molar-refractivity contribution is -0.131. The second kappa shape index (κ2) is 8.05. The topological polar surface area (TPSA) is 69.2 Å². The van der Waals surface area contributed by atoms with E-state index in [0.29, 0.717) is 12.0 Å². The van der Waals surface area contributed by atoms with Crippen LogP contribution in [-0.2, 0) is 11.2 Å². The highest BCUT2D eigenvalue weighted by molar-refractivity contribution is 5.85. The second-order valence-corrected chi connectivity index (χ2v) is 8.23. The Morgan fingerprint density at radius 3 is 2.62 bits per heavy atom. The molecule has 1 aliphatic rings. The molecule has 0 bridgehead atoms. The van der Waals surface area contributed by atoms with Gasteiger partial charge in [-0.2, -0.15) is 5.10 Å². The number of alkyl halides is 2. The molecule has 2 N–H and O–H groups in total. The van der Waals surface area contributed by atoms with Crippen molar-refractivity contribution >= 4 is 22.9 Å². The van der Waals surface area contributed by atoms with Crippen molar-refractivity contribution in [3.63, 3.8) is 0 Å². The van der Waals surface area contributed by atoms with E-state index >= 15 is 8.78 Å². The second-order valence-electron chi connectivity index (χ2n) is 8.23. The van der Waals surface area contributed by atoms with Crippen LogP contribution >= 0.6 is 0 Å². The van der Waals surface area contributed by atoms with Crippen LogP contribution in [0.25, 0.3) is 17.0 Å². The minimum atomic E-state index is -3.08. The summed E-state index contributed by atoms with van der Waals surface area (Å²) in [6.07, 6.45) is 3.88. The van der Waals surface area contributed by atoms with Crippen LogP contribution in [-0.4, -0.2) is 44.7 Å². The molecule has 0 radical (unpaired) electrons. The fourth-order valence-corrected chi connectivity index (χ4v) is 4.44. The van der Waals surface area contributed by atoms with Crippen LogP contribution in [0.4, 0.5) is 17.6 Å². The van der Waals surface area contributed by atoms with Crippen molar-refractivity contribution in [3.8, 4) is 0 Å². The number of hydrogen-bond donors (Lipinski definition) is 2. The van der Waals surface area contributed by atoms with Gasteiger partial charge in [0.1, 0.15) is 11.6 Å². The van der Waals surface area contributed by atoms with Gasteiger partial charge in [-0.1, -0.05) is 6.07 Å². The predicted octanol–water partition coefficient (Wildman–Crippen LogP) is 4.93. The van der Waals surface area contributed by atoms with Crippen molar-refractivity contribution in [2.24, 2.45) is 0 Å². The minimum Gasteiger partial charge on any atom is -0.478 e. The van der Waals surface area contributed by atoms with E-state index < -0.39 is 42.2 Å². The van der Waals surface area contributed by atoms with Gasteiger partial charge in [0.25, 0.3) is 5.92 Å². The van der Waals surface area contributed by atoms with E-state index in [2.05, 4.69) is 10.2 Å². The number of halogens is 4. The maximum absolute atomic E-state index is 15.2. The Hall–Kier alpha value is -3.20. The smallest absolute Gasteiger partial charge is 0.328 e. The summed E-state index contributed by atoms with van der Waals surface area (Å²) >= 11 is 0. The lowest BCUT2D eigenvalue weighted by Gasteiger charge is -2.43. The number of aromatic nitrogens is 2. The zero-order valence-corrected chi connectivity index (χ0v) is 17.4. The fourth-order valence-electron chi connectivity index (χ4n) is 4.44. The van der Waals surface area contributed by atoms with Crippen molar-refractivity contribution in [1.82, 2.24) is 15.1 Å². The molecular weight excluding hydrogens is 426 g/mol. The summed E-state index contributed by atoms with van der Waals surface area (Å²) in [5.74, 6) is -6.21. The first-order valence-electron chi connectivity index (χ1n) is 10.0. The Bertz CT molecular complexity index is 1190. The van der Waals surface area contributed by atoms with Crippen molar-refractivity contribution in [2.45, 2.75) is 38.3 Å². The van der Waals surface area contributed by atoms with E-state index in [4.69, 9.17) is 5.11 Å². The third kappa shape index (κ3) is 4.12. The number of aliphatic carboxylic acids is 1. The summed E-state index contributed by atoms with van der Waals surface area (Å²) in [7, 11) is 0. The summed E-state index contributed by atoms with van der Waals surface area (Å²) in [5.41, 5.74) is 1.76. The number of fused-ring (bicyclic) bond motifs is 3. The average Bonchev–Trinajstić information content (AvgIpc) is 3.16. The Morgan fingerprint density at radius 2 is 2.00 bits per heavy atom. The maximum Gasteiger partial charge on any atom is 0.328 e. The third-order valence-corrected chi connectivity index (χ3v) is 5.72. The first-order valence-corrected chi connectivity index (χ1v) is 10.0. The molecule has 0 saturated carbocycles. The number of nitrogens with zero attached hydrogens (tertiary/aromatic N) is 2. The number of aromatic amines is 1. The molecule has 0 aliphatic carbocycles. The number of carboxylic acid groups (broad SMARTS) is 1. The summed E-state index contributed by atoms with van der Waals surface area (Å²) < 4.78 is 58.7. The highest BCUT2D eigenvalue weighted by atomic mass is 19.3. The SMILES string of the molecule is C[C@@H]1Cc2c(ccc3[nH]ncc23)[C@@H](c2c(F)cc(/C=C/C(=O)O)cc2F)N1CC(C)(F)F. The average molecular weight is 447 g/mol. The Labute approximate surface area is 181 Å². The molecule has 2 atom stereocenters. The van der Waals surface area contributed by atoms with Gasteiger partial charge in [-0.3, -0.25) is 10.00 Å². The van der Waals surface area contributed by atoms with Crippen LogP contribution < -0.4 is 0 Å². The van der Waals surface area contributed by atoms with Crippen LogP contribution in [0.2, 0.25) is 0 Å². The van der Waals surface area contributed by atoms with Crippen LogP contribution in [0.1, 0.15) is 42.1 Å². The standard InChI is InChI=1S/C23H21F4N3O2/c1-12-7-15-14(4-5-19-16(15)10-28-29-19)22(30(12)11-23(2,26)27)21-17(24)8-13(9-18(21)25)3-6-20(31)32/h3-6,8-10,12,22H,7,11H2,1-2H3,(H,28,29)(H,31,32)/b6-3+/t12-,22+/m1/s1. The molecule has 9 heteroatoms. The first-order chi connectivity index (χ1) is 15.0. The van der Waals surface area contributed by atoms with Crippen molar-refractivity contribution in [3.05, 3.63) is 70.4 Å². The number of rotatable bonds is 5. The normalized spacial score (nSPS) is 19.6. The maximum atomic E-state index is 15.2. The molecule has 3 aromatic rings. The van der Waals surface area contributed by atoms with Gasteiger partial charge in [-0.15, -0.1) is 0 Å². The van der Waals surface area contributed by atoms with Crippen LogP contribution in [0.15, 0.2) is 36.5 Å². The Balaban J connectivity index is 1.91. The Morgan fingerprint density at radius 1 is 1.31 bits per heavy atom. The number of carbonyl (C=O) groups is 1. The van der Waals surface area contributed by atoms with Gasteiger partial charge in [0.2, 0.25) is 0 Å². The van der Waals surface area contributed by atoms with Gasteiger partial charge in [-0.05, 0) is 54.3 Å². The van der Waals surface area contributed by atoms with E-state index in [1.165, 1.54) is 4.90 Å². The highest BCUT2D eigenvalue weighted by Gasteiger charge is 2.41. The number of H-pyrrole nitrogens is 1. The van der Waals surface area contributed by atoms with Gasteiger partial charge in [0.05, 0.1) is 24.3 Å². The van der Waals surface area contributed by atoms with Crippen molar-refractivity contribution in [1.29, 1.82) is 0 Å². The summed E-state index contributed by atoms with van der Waals surface area (Å²) in [4.78, 5) is 12.2. The van der Waals surface area contributed by atoms with Crippen molar-refractivity contribution < 1.29 is 27.5 Å². The lowest BCUT2D eigenvalue weighted by atomic mass is 9.82. The third-order valence-electron chi connectivity index (χ3n) is 5.72. The number of hydrogen-bond acceptors (Lipinski definition) is 3. The molecule has 4 rings (SSSR count). The summed E-state index contributed by atoms with van der Waals surface area (Å²) in [6, 6.07) is 3.90. The molecule has 0 spiro atoms. The van der Waals surface area contributed by atoms with Gasteiger partial charge in [0.15, 0.2) is 0 Å². The molecular formula is C23H21F4N3O2. The number of nitrogens with one attached hydrogen (secondary N) is 1. The van der Waals surface area contributed by atoms with E-state index in [0.717, 1.165) is 47.7 Å². The molecule has 1 aliphatic heterocycles. The first kappa shape index (κ1) is 22.0. The fraction of sp³-hybridized carbons (Fsp3) is 0.304. The predicted molar refractivity (Wildman–Crippen MR) is 111 cm³/mol. The molecule has 2 aromatic carbocycles. The summed E-state index contributed by atoms with van der Waals surface area (Å²) in [5, 5.41) is 16.4. The molecule has 0 amide bonds. The van der Waals surface area contributed by atoms with Crippen LogP contribution in [0.5, 0.6) is 0 Å². The van der Waals surface area contributed by atoms with E-state index in [-0.39, 0.29) is 11.1 Å². The molecule has 0 saturated heterocycles. The van der Waals surface area contributed by atoms with Crippen molar-refractivity contribution in [2.75, 3.05) is 6.54 Å². The van der Waals surface area contributed by atoms with Crippen LogP contribution in [0.3, 0.4) is 0 Å². The zero-order chi connectivity index (χ0) is 23.2. The molecule has 5 nitrogen and oxygen atoms in total. The molecule has 2 heterocycles. The zero-order valence-electron chi connectivity index (χ0n) is 17.4. The lowest BCUT2D eigenvalue weighted by Crippen LogP contribution is -2.48. The molecule has 32 heavy (non-hydrogen) atoms. The number of carboxylic acids is 1. The van der Waals surface area contributed by atoms with Gasteiger partial charge >= 0.3 is 5.97 Å². The largest absolute Gasteiger partial charge is 0.478 e. The molecule has 168 valence electrons. The molecule has 0 fully saturated rings. The summed E-state index contributed by atoms with van der Waals surface area (Å²) in [6.45, 7) is 1.85. The van der Waals surface area contributed by atoms with E-state index in [1.54, 1.807) is 25.3 Å².